The quantitative estimate of drug-likeness (QED) is 0.518. The van der Waals surface area contributed by atoms with E-state index in [1.807, 2.05) is 0 Å². The van der Waals surface area contributed by atoms with Gasteiger partial charge in [0.2, 0.25) is 5.91 Å². The molecule has 0 aromatic carbocycles. The monoisotopic (exact) mass is 212 g/mol. The van der Waals surface area contributed by atoms with Crippen LogP contribution in [-0.2, 0) is 9.59 Å². The van der Waals surface area contributed by atoms with E-state index in [0.29, 0.717) is 18.9 Å². The van der Waals surface area contributed by atoms with Gasteiger partial charge < -0.3 is 15.4 Å². The van der Waals surface area contributed by atoms with E-state index in [0.717, 1.165) is 0 Å². The highest BCUT2D eigenvalue weighted by Crippen LogP contribution is 2.16. The number of rotatable bonds is 5. The van der Waals surface area contributed by atoms with Gasteiger partial charge in [0, 0.05) is 6.04 Å². The van der Waals surface area contributed by atoms with E-state index in [2.05, 4.69) is 10.6 Å². The van der Waals surface area contributed by atoms with Gasteiger partial charge in [-0.3, -0.25) is 4.79 Å². The van der Waals surface area contributed by atoms with E-state index in [1.165, 1.54) is 38.5 Å². The molecule has 0 atom stereocenters. The molecule has 1 saturated carbocycles. The molecule has 0 saturated heterocycles. The molecule has 0 unspecified atom stereocenters. The molecule has 1 aliphatic rings. The number of amides is 1. The Labute approximate surface area is 90.8 Å². The Morgan fingerprint density at radius 3 is 2.47 bits per heavy atom. The fraction of sp³-hybridized carbons (Fsp3) is 0.818. The Hall–Kier alpha value is -0.900. The third-order valence-electron chi connectivity index (χ3n) is 2.79. The summed E-state index contributed by atoms with van der Waals surface area (Å²) >= 11 is 0. The zero-order valence-electron chi connectivity index (χ0n) is 9.13. The van der Waals surface area contributed by atoms with E-state index in [4.69, 9.17) is 0 Å². The molecule has 0 bridgehead atoms. The average Bonchev–Trinajstić information content (AvgIpc) is 2.51. The third kappa shape index (κ3) is 5.52. The van der Waals surface area contributed by atoms with Gasteiger partial charge in [0.1, 0.15) is 6.29 Å². The molecule has 86 valence electrons. The van der Waals surface area contributed by atoms with Crippen molar-refractivity contribution >= 4 is 12.2 Å². The summed E-state index contributed by atoms with van der Waals surface area (Å²) in [7, 11) is 0. The van der Waals surface area contributed by atoms with Gasteiger partial charge in [-0.15, -0.1) is 0 Å². The van der Waals surface area contributed by atoms with Gasteiger partial charge >= 0.3 is 0 Å². The number of carbonyl (C=O) groups is 2. The summed E-state index contributed by atoms with van der Waals surface area (Å²) in [5, 5.41) is 5.76. The van der Waals surface area contributed by atoms with Crippen LogP contribution in [0.5, 0.6) is 0 Å². The molecule has 1 aliphatic carbocycles. The predicted octanol–water partition coefficient (Wildman–Crippen LogP) is 0.614. The lowest BCUT2D eigenvalue weighted by Gasteiger charge is -2.15. The first-order chi connectivity index (χ1) is 7.33. The fourth-order valence-corrected chi connectivity index (χ4v) is 1.94. The SMILES string of the molecule is O=CCNC(=O)CNC1CCCCCC1. The minimum Gasteiger partial charge on any atom is -0.348 e. The van der Waals surface area contributed by atoms with Crippen molar-refractivity contribution in [1.82, 2.24) is 10.6 Å². The summed E-state index contributed by atoms with van der Waals surface area (Å²) in [6.07, 6.45) is 8.18. The Bertz CT molecular complexity index is 199. The van der Waals surface area contributed by atoms with Gasteiger partial charge in [0.25, 0.3) is 0 Å². The van der Waals surface area contributed by atoms with Gasteiger partial charge in [-0.1, -0.05) is 25.7 Å². The standard InChI is InChI=1S/C11H20N2O2/c14-8-7-12-11(15)9-13-10-5-3-1-2-4-6-10/h8,10,13H,1-7,9H2,(H,12,15). The van der Waals surface area contributed by atoms with E-state index in [1.54, 1.807) is 0 Å². The first-order valence-corrected chi connectivity index (χ1v) is 5.76. The third-order valence-corrected chi connectivity index (χ3v) is 2.79. The van der Waals surface area contributed by atoms with Crippen LogP contribution in [0.25, 0.3) is 0 Å². The van der Waals surface area contributed by atoms with Crippen LogP contribution in [0, 0.1) is 0 Å². The van der Waals surface area contributed by atoms with Crippen molar-refractivity contribution in [3.8, 4) is 0 Å². The molecule has 4 nitrogen and oxygen atoms in total. The maximum absolute atomic E-state index is 11.2. The smallest absolute Gasteiger partial charge is 0.234 e. The van der Waals surface area contributed by atoms with Crippen LogP contribution in [-0.4, -0.2) is 31.3 Å². The summed E-state index contributed by atoms with van der Waals surface area (Å²) in [5.41, 5.74) is 0. The summed E-state index contributed by atoms with van der Waals surface area (Å²) in [5.74, 6) is -0.0913. The lowest BCUT2D eigenvalue weighted by molar-refractivity contribution is -0.121. The number of carbonyl (C=O) groups excluding carboxylic acids is 2. The predicted molar refractivity (Wildman–Crippen MR) is 58.6 cm³/mol. The largest absolute Gasteiger partial charge is 0.348 e. The molecular formula is C11H20N2O2. The van der Waals surface area contributed by atoms with Crippen LogP contribution in [0.1, 0.15) is 38.5 Å². The van der Waals surface area contributed by atoms with Gasteiger partial charge in [-0.25, -0.2) is 0 Å². The molecule has 15 heavy (non-hydrogen) atoms. The Morgan fingerprint density at radius 1 is 1.20 bits per heavy atom. The van der Waals surface area contributed by atoms with Crippen LogP contribution in [0.3, 0.4) is 0 Å². The van der Waals surface area contributed by atoms with Crippen molar-refractivity contribution in [2.24, 2.45) is 0 Å². The molecule has 0 spiro atoms. The van der Waals surface area contributed by atoms with E-state index in [-0.39, 0.29) is 12.5 Å². The number of hydrogen-bond acceptors (Lipinski definition) is 3. The number of hydrogen-bond donors (Lipinski definition) is 2. The first-order valence-electron chi connectivity index (χ1n) is 5.76. The second-order valence-corrected chi connectivity index (χ2v) is 4.04. The van der Waals surface area contributed by atoms with Crippen molar-refractivity contribution < 1.29 is 9.59 Å². The molecule has 2 N–H and O–H groups in total. The topological polar surface area (TPSA) is 58.2 Å². The van der Waals surface area contributed by atoms with E-state index in [9.17, 15) is 9.59 Å². The van der Waals surface area contributed by atoms with Crippen molar-refractivity contribution in [2.75, 3.05) is 13.1 Å². The summed E-state index contributed by atoms with van der Waals surface area (Å²) < 4.78 is 0. The van der Waals surface area contributed by atoms with Crippen molar-refractivity contribution in [1.29, 1.82) is 0 Å². The van der Waals surface area contributed by atoms with Crippen molar-refractivity contribution in [3.63, 3.8) is 0 Å². The Balaban J connectivity index is 2.11. The zero-order valence-corrected chi connectivity index (χ0v) is 9.13. The van der Waals surface area contributed by atoms with Crippen LogP contribution in [0.15, 0.2) is 0 Å². The van der Waals surface area contributed by atoms with Crippen LogP contribution in [0.4, 0.5) is 0 Å². The minimum atomic E-state index is -0.0913. The molecule has 0 heterocycles. The fourth-order valence-electron chi connectivity index (χ4n) is 1.94. The zero-order chi connectivity index (χ0) is 10.9. The van der Waals surface area contributed by atoms with E-state index < -0.39 is 0 Å². The molecular weight excluding hydrogens is 192 g/mol. The average molecular weight is 212 g/mol. The summed E-state index contributed by atoms with van der Waals surface area (Å²) in [6.45, 7) is 0.448. The molecule has 0 aromatic rings. The maximum Gasteiger partial charge on any atom is 0.234 e. The first kappa shape index (κ1) is 12.2. The normalized spacial score (nSPS) is 18.1. The molecule has 0 radical (unpaired) electrons. The van der Waals surface area contributed by atoms with Crippen molar-refractivity contribution in [3.05, 3.63) is 0 Å². The van der Waals surface area contributed by atoms with Crippen molar-refractivity contribution in [2.45, 2.75) is 44.6 Å². The summed E-state index contributed by atoms with van der Waals surface area (Å²) in [4.78, 5) is 21.2. The van der Waals surface area contributed by atoms with Crippen LogP contribution < -0.4 is 10.6 Å². The lowest BCUT2D eigenvalue weighted by Crippen LogP contribution is -2.39. The van der Waals surface area contributed by atoms with Gasteiger partial charge in [0.05, 0.1) is 13.1 Å². The minimum absolute atomic E-state index is 0.0913. The van der Waals surface area contributed by atoms with Gasteiger partial charge in [-0.05, 0) is 12.8 Å². The van der Waals surface area contributed by atoms with Gasteiger partial charge in [-0.2, -0.15) is 0 Å². The van der Waals surface area contributed by atoms with Crippen LogP contribution in [0.2, 0.25) is 0 Å². The lowest BCUT2D eigenvalue weighted by atomic mass is 10.1. The molecule has 1 rings (SSSR count). The molecule has 0 aromatic heterocycles. The van der Waals surface area contributed by atoms with Crippen LogP contribution >= 0.6 is 0 Å². The van der Waals surface area contributed by atoms with Gasteiger partial charge in [0.15, 0.2) is 0 Å². The molecule has 4 heteroatoms. The number of aldehydes is 1. The highest BCUT2D eigenvalue weighted by atomic mass is 16.2. The molecule has 0 aliphatic heterocycles. The molecule has 1 fully saturated rings. The Morgan fingerprint density at radius 2 is 1.87 bits per heavy atom. The van der Waals surface area contributed by atoms with E-state index >= 15 is 0 Å². The number of nitrogens with one attached hydrogen (secondary N) is 2. The Kier molecular flexibility index (Phi) is 6.00. The highest BCUT2D eigenvalue weighted by Gasteiger charge is 2.12. The second-order valence-electron chi connectivity index (χ2n) is 4.04. The summed E-state index contributed by atoms with van der Waals surface area (Å²) in [6, 6.07) is 0.481. The second kappa shape index (κ2) is 7.40. The molecule has 1 amide bonds. The maximum atomic E-state index is 11.2. The highest BCUT2D eigenvalue weighted by molar-refractivity contribution is 5.80.